The van der Waals surface area contributed by atoms with E-state index in [0.29, 0.717) is 12.2 Å². The van der Waals surface area contributed by atoms with Crippen LogP contribution in [0.4, 0.5) is 5.69 Å². The Hall–Kier alpha value is -2.07. The van der Waals surface area contributed by atoms with Gasteiger partial charge in [-0.3, -0.25) is 4.90 Å². The van der Waals surface area contributed by atoms with Crippen molar-refractivity contribution in [2.45, 2.75) is 52.2 Å². The normalized spacial score (nSPS) is 26.5. The van der Waals surface area contributed by atoms with E-state index in [1.54, 1.807) is 0 Å². The molecule has 25 heavy (non-hydrogen) atoms. The molecule has 0 aliphatic carbocycles. The van der Waals surface area contributed by atoms with Crippen LogP contribution in [0.25, 0.3) is 22.1 Å². The van der Waals surface area contributed by atoms with E-state index in [1.165, 1.54) is 49.0 Å². The maximum atomic E-state index is 6.32. The summed E-state index contributed by atoms with van der Waals surface area (Å²) >= 11 is 0. The van der Waals surface area contributed by atoms with Crippen LogP contribution in [0.15, 0.2) is 28.7 Å². The van der Waals surface area contributed by atoms with Crippen molar-refractivity contribution in [2.24, 2.45) is 0 Å². The first-order valence-electron chi connectivity index (χ1n) is 9.45. The predicted molar refractivity (Wildman–Crippen MR) is 102 cm³/mol. The van der Waals surface area contributed by atoms with Crippen LogP contribution in [-0.4, -0.2) is 35.2 Å². The van der Waals surface area contributed by atoms with Crippen LogP contribution in [0, 0.1) is 13.8 Å². The lowest BCUT2D eigenvalue weighted by Crippen LogP contribution is -2.55. The van der Waals surface area contributed by atoms with E-state index in [9.17, 15) is 0 Å². The van der Waals surface area contributed by atoms with E-state index in [0.717, 1.165) is 22.4 Å². The maximum Gasteiger partial charge on any atom is 0.227 e. The highest BCUT2D eigenvalue weighted by Gasteiger charge is 2.37. The van der Waals surface area contributed by atoms with Gasteiger partial charge in [0.15, 0.2) is 5.58 Å². The van der Waals surface area contributed by atoms with Crippen LogP contribution in [-0.2, 0) is 0 Å². The molecule has 2 aromatic heterocycles. The molecule has 0 amide bonds. The zero-order chi connectivity index (χ0) is 17.1. The highest BCUT2D eigenvalue weighted by atomic mass is 16.3. The van der Waals surface area contributed by atoms with Gasteiger partial charge in [-0.25, -0.2) is 4.98 Å². The molecule has 0 spiro atoms. The minimum Gasteiger partial charge on any atom is -0.436 e. The third-order valence-electron chi connectivity index (χ3n) is 6.14. The van der Waals surface area contributed by atoms with Gasteiger partial charge in [-0.1, -0.05) is 12.1 Å². The first-order chi connectivity index (χ1) is 12.1. The first-order valence-corrected chi connectivity index (χ1v) is 9.45. The molecule has 3 unspecified atom stereocenters. The zero-order valence-corrected chi connectivity index (χ0v) is 15.2. The summed E-state index contributed by atoms with van der Waals surface area (Å²) in [6.45, 7) is 9.01. The summed E-state index contributed by atoms with van der Waals surface area (Å²) in [5, 5.41) is 2.31. The van der Waals surface area contributed by atoms with Gasteiger partial charge in [0.05, 0.1) is 11.9 Å². The topological polar surface area (TPSA) is 32.5 Å². The Morgan fingerprint density at radius 3 is 2.76 bits per heavy atom. The molecule has 3 atom stereocenters. The summed E-state index contributed by atoms with van der Waals surface area (Å²) in [6.07, 6.45) is 4.24. The molecule has 2 bridgehead atoms. The third-order valence-corrected chi connectivity index (χ3v) is 6.14. The summed E-state index contributed by atoms with van der Waals surface area (Å²) < 4.78 is 6.32. The summed E-state index contributed by atoms with van der Waals surface area (Å²) in [6, 6.07) is 9.26. The number of aryl methyl sites for hydroxylation is 2. The molecule has 3 aliphatic heterocycles. The second kappa shape index (κ2) is 5.46. The highest BCUT2D eigenvalue weighted by molar-refractivity contribution is 6.08. The zero-order valence-electron chi connectivity index (χ0n) is 15.2. The SMILES string of the molecule is Cc1ccc2c(n1)oc1c(N3C4CCCN(CC4)C3C)c(C)ccc12. The summed E-state index contributed by atoms with van der Waals surface area (Å²) in [5.41, 5.74) is 5.34. The van der Waals surface area contributed by atoms with Crippen molar-refractivity contribution >= 4 is 27.8 Å². The molecule has 4 heteroatoms. The lowest BCUT2D eigenvalue weighted by Gasteiger charge is -2.46. The summed E-state index contributed by atoms with van der Waals surface area (Å²) in [7, 11) is 0. The van der Waals surface area contributed by atoms with E-state index < -0.39 is 0 Å². The number of aromatic nitrogens is 1. The van der Waals surface area contributed by atoms with Crippen molar-refractivity contribution in [1.82, 2.24) is 9.88 Å². The molecule has 3 saturated heterocycles. The van der Waals surface area contributed by atoms with Gasteiger partial charge in [-0.15, -0.1) is 0 Å². The van der Waals surface area contributed by atoms with Crippen molar-refractivity contribution in [3.63, 3.8) is 0 Å². The smallest absolute Gasteiger partial charge is 0.227 e. The molecule has 0 radical (unpaired) electrons. The second-order valence-corrected chi connectivity index (χ2v) is 7.67. The van der Waals surface area contributed by atoms with Gasteiger partial charge in [0.2, 0.25) is 5.71 Å². The summed E-state index contributed by atoms with van der Waals surface area (Å²) in [4.78, 5) is 9.86. The molecular weight excluding hydrogens is 310 g/mol. The van der Waals surface area contributed by atoms with Crippen LogP contribution in [0.1, 0.15) is 37.4 Å². The van der Waals surface area contributed by atoms with Crippen LogP contribution < -0.4 is 4.90 Å². The van der Waals surface area contributed by atoms with Crippen molar-refractivity contribution in [3.05, 3.63) is 35.5 Å². The number of rotatable bonds is 1. The van der Waals surface area contributed by atoms with Gasteiger partial charge in [0, 0.05) is 35.6 Å². The van der Waals surface area contributed by atoms with Gasteiger partial charge in [0.25, 0.3) is 0 Å². The molecule has 3 fully saturated rings. The molecule has 4 nitrogen and oxygen atoms in total. The number of nitrogens with zero attached hydrogens (tertiary/aromatic N) is 3. The second-order valence-electron chi connectivity index (χ2n) is 7.67. The minimum absolute atomic E-state index is 0.424. The number of benzene rings is 1. The minimum atomic E-state index is 0.424. The number of fused-ring (bicyclic) bond motifs is 7. The number of pyridine rings is 1. The van der Waals surface area contributed by atoms with E-state index in [2.05, 4.69) is 52.9 Å². The van der Waals surface area contributed by atoms with E-state index in [-0.39, 0.29) is 0 Å². The Labute approximate surface area is 148 Å². The molecular formula is C21H25N3O. The molecule has 0 saturated carbocycles. The lowest BCUT2D eigenvalue weighted by molar-refractivity contribution is 0.177. The van der Waals surface area contributed by atoms with Crippen LogP contribution in [0.5, 0.6) is 0 Å². The Morgan fingerprint density at radius 1 is 1.04 bits per heavy atom. The average Bonchev–Trinajstić information content (AvgIpc) is 2.72. The fourth-order valence-corrected chi connectivity index (χ4v) is 4.82. The Balaban J connectivity index is 1.77. The monoisotopic (exact) mass is 335 g/mol. The van der Waals surface area contributed by atoms with Crippen LogP contribution in [0.2, 0.25) is 0 Å². The molecule has 1 aromatic carbocycles. The predicted octanol–water partition coefficient (Wildman–Crippen LogP) is 4.62. The standard InChI is InChI=1S/C21H25N3O/c1-13-6-8-17-18-9-7-14(2)22-21(18)25-20(17)19(13)24-15(3)23-11-4-5-16(24)10-12-23/h6-9,15-16H,4-5,10-12H2,1-3H3. The van der Waals surface area contributed by atoms with E-state index in [4.69, 9.17) is 4.42 Å². The van der Waals surface area contributed by atoms with Crippen molar-refractivity contribution < 1.29 is 4.42 Å². The van der Waals surface area contributed by atoms with Gasteiger partial charge in [-0.2, -0.15) is 0 Å². The largest absolute Gasteiger partial charge is 0.436 e. The first kappa shape index (κ1) is 15.2. The average molecular weight is 335 g/mol. The highest BCUT2D eigenvalue weighted by Crippen LogP contribution is 2.41. The number of hydrogen-bond donors (Lipinski definition) is 0. The molecule has 6 rings (SSSR count). The summed E-state index contributed by atoms with van der Waals surface area (Å²) in [5.74, 6) is 0. The van der Waals surface area contributed by atoms with E-state index >= 15 is 0 Å². The van der Waals surface area contributed by atoms with Crippen LogP contribution in [0.3, 0.4) is 0 Å². The molecule has 3 aliphatic rings. The fourth-order valence-electron chi connectivity index (χ4n) is 4.82. The Bertz CT molecular complexity index is 955. The van der Waals surface area contributed by atoms with Gasteiger partial charge in [-0.05, 0) is 57.7 Å². The molecule has 3 aromatic rings. The van der Waals surface area contributed by atoms with Crippen molar-refractivity contribution in [1.29, 1.82) is 0 Å². The maximum absolute atomic E-state index is 6.32. The molecule has 5 heterocycles. The Kier molecular flexibility index (Phi) is 3.32. The lowest BCUT2D eigenvalue weighted by atomic mass is 10.0. The quantitative estimate of drug-likeness (QED) is 0.650. The van der Waals surface area contributed by atoms with Crippen LogP contribution >= 0.6 is 0 Å². The van der Waals surface area contributed by atoms with Crippen molar-refractivity contribution in [2.75, 3.05) is 18.0 Å². The van der Waals surface area contributed by atoms with Gasteiger partial charge < -0.3 is 9.32 Å². The van der Waals surface area contributed by atoms with Crippen molar-refractivity contribution in [3.8, 4) is 0 Å². The molecule has 0 N–H and O–H groups in total. The van der Waals surface area contributed by atoms with Gasteiger partial charge in [0.1, 0.15) is 0 Å². The molecule has 130 valence electrons. The number of hydrogen-bond acceptors (Lipinski definition) is 4. The Morgan fingerprint density at radius 2 is 1.88 bits per heavy atom. The fraction of sp³-hybridized carbons (Fsp3) is 0.476. The van der Waals surface area contributed by atoms with E-state index in [1.807, 2.05) is 6.92 Å². The van der Waals surface area contributed by atoms with Gasteiger partial charge >= 0.3 is 0 Å². The number of anilines is 1. The third kappa shape index (κ3) is 2.20. The number of furan rings is 1.